The van der Waals surface area contributed by atoms with Gasteiger partial charge in [-0.25, -0.2) is 0 Å². The average molecular weight is 228 g/mol. The van der Waals surface area contributed by atoms with E-state index >= 15 is 0 Å². The molecule has 2 rings (SSSR count). The highest BCUT2D eigenvalue weighted by molar-refractivity contribution is 5.50. The molecule has 0 spiro atoms. The Bertz CT molecular complexity index is 417. The van der Waals surface area contributed by atoms with E-state index in [9.17, 15) is 0 Å². The van der Waals surface area contributed by atoms with Gasteiger partial charge >= 0.3 is 0 Å². The lowest BCUT2D eigenvalue weighted by molar-refractivity contribution is -0.0979. The quantitative estimate of drug-likeness (QED) is 0.654. The molecule has 1 heteroatoms. The second kappa shape index (κ2) is 6.85. The van der Waals surface area contributed by atoms with Gasteiger partial charge in [0.15, 0.2) is 0 Å². The number of carbonyl (C=O) groups is 1. The first kappa shape index (κ1) is 13.4. The second-order valence-electron chi connectivity index (χ2n) is 4.17. The molecule has 0 amide bonds. The molecular weight excluding hydrogens is 208 g/mol. The number of hydrogen-bond acceptors (Lipinski definition) is 1. The fourth-order valence-corrected chi connectivity index (χ4v) is 2.13. The lowest BCUT2D eigenvalue weighted by Gasteiger charge is -2.08. The Hall–Kier alpha value is -1.63. The van der Waals surface area contributed by atoms with Crippen molar-refractivity contribution in [3.63, 3.8) is 0 Å². The summed E-state index contributed by atoms with van der Waals surface area (Å²) in [7, 11) is 0. The summed E-state index contributed by atoms with van der Waals surface area (Å²) in [5, 5.41) is 0. The largest absolute Gasteiger partial charge is 0.307 e. The maximum atomic E-state index is 8.00. The van der Waals surface area contributed by atoms with E-state index in [1.807, 2.05) is 6.79 Å². The third kappa shape index (κ3) is 3.42. The van der Waals surface area contributed by atoms with E-state index in [1.54, 1.807) is 5.57 Å². The van der Waals surface area contributed by atoms with E-state index in [-0.39, 0.29) is 0 Å². The lowest BCUT2D eigenvalue weighted by Crippen LogP contribution is -1.89. The first-order valence-corrected chi connectivity index (χ1v) is 6.03. The molecule has 0 fully saturated rings. The van der Waals surface area contributed by atoms with Gasteiger partial charge in [-0.1, -0.05) is 54.5 Å². The molecule has 0 bridgehead atoms. The topological polar surface area (TPSA) is 17.1 Å². The van der Waals surface area contributed by atoms with E-state index < -0.39 is 0 Å². The number of carbonyl (C=O) groups excluding carboxylic acids is 1. The number of allylic oxidation sites excluding steroid dienone is 10. The predicted octanol–water partition coefficient (Wildman–Crippen LogP) is 4.30. The van der Waals surface area contributed by atoms with Gasteiger partial charge in [0.1, 0.15) is 6.79 Å². The molecule has 0 saturated carbocycles. The van der Waals surface area contributed by atoms with Crippen LogP contribution in [-0.2, 0) is 4.79 Å². The molecule has 0 aromatic heterocycles. The third-order valence-corrected chi connectivity index (χ3v) is 3.18. The Morgan fingerprint density at radius 3 is 2.76 bits per heavy atom. The zero-order chi connectivity index (χ0) is 12.7. The van der Waals surface area contributed by atoms with E-state index in [0.717, 1.165) is 19.3 Å². The van der Waals surface area contributed by atoms with Crippen molar-refractivity contribution in [2.75, 3.05) is 0 Å². The van der Waals surface area contributed by atoms with Crippen LogP contribution in [0.4, 0.5) is 0 Å². The summed E-state index contributed by atoms with van der Waals surface area (Å²) in [4.78, 5) is 8.00. The lowest BCUT2D eigenvalue weighted by atomic mass is 9.97. The van der Waals surface area contributed by atoms with Gasteiger partial charge < -0.3 is 4.79 Å². The third-order valence-electron chi connectivity index (χ3n) is 3.18. The van der Waals surface area contributed by atoms with E-state index in [2.05, 4.69) is 50.3 Å². The SMILES string of the molecule is C=O.CCC1=C(C)C=CC2=CC=CCC=C2C1. The van der Waals surface area contributed by atoms with Crippen molar-refractivity contribution in [3.8, 4) is 0 Å². The van der Waals surface area contributed by atoms with Gasteiger partial charge in [-0.15, -0.1) is 0 Å². The summed E-state index contributed by atoms with van der Waals surface area (Å²) in [6, 6.07) is 0. The summed E-state index contributed by atoms with van der Waals surface area (Å²) >= 11 is 0. The van der Waals surface area contributed by atoms with Crippen LogP contribution in [0.2, 0.25) is 0 Å². The van der Waals surface area contributed by atoms with Crippen LogP contribution < -0.4 is 0 Å². The Labute approximate surface area is 104 Å². The van der Waals surface area contributed by atoms with Crippen LogP contribution in [0.25, 0.3) is 0 Å². The highest BCUT2D eigenvalue weighted by Crippen LogP contribution is 2.29. The van der Waals surface area contributed by atoms with Crippen molar-refractivity contribution in [1.82, 2.24) is 0 Å². The molecule has 1 nitrogen and oxygen atoms in total. The van der Waals surface area contributed by atoms with Crippen LogP contribution in [0.15, 0.2) is 58.7 Å². The van der Waals surface area contributed by atoms with Crippen LogP contribution in [0.3, 0.4) is 0 Å². The Balaban J connectivity index is 0.000000686. The maximum Gasteiger partial charge on any atom is 0.106 e. The van der Waals surface area contributed by atoms with Crippen molar-refractivity contribution in [2.24, 2.45) is 0 Å². The molecule has 0 atom stereocenters. The zero-order valence-corrected chi connectivity index (χ0v) is 10.7. The van der Waals surface area contributed by atoms with Crippen LogP contribution in [0, 0.1) is 0 Å². The van der Waals surface area contributed by atoms with E-state index in [0.29, 0.717) is 0 Å². The van der Waals surface area contributed by atoms with Gasteiger partial charge in [-0.2, -0.15) is 0 Å². The van der Waals surface area contributed by atoms with Gasteiger partial charge in [-0.3, -0.25) is 0 Å². The molecule has 0 saturated heterocycles. The normalized spacial score (nSPS) is 18.2. The molecule has 0 aromatic rings. The first-order valence-electron chi connectivity index (χ1n) is 6.03. The van der Waals surface area contributed by atoms with Gasteiger partial charge in [0.2, 0.25) is 0 Å². The minimum atomic E-state index is 1.07. The standard InChI is InChI=1S/C15H18.CH2O/c1-3-13-11-15-8-6-4-5-7-14(15)10-9-12(13)2;1-2/h4-5,7-10H,3,6,11H2,1-2H3;1H2. The van der Waals surface area contributed by atoms with Crippen molar-refractivity contribution in [3.05, 3.63) is 58.7 Å². The van der Waals surface area contributed by atoms with Crippen LogP contribution >= 0.6 is 0 Å². The summed E-state index contributed by atoms with van der Waals surface area (Å²) in [6.45, 7) is 6.47. The van der Waals surface area contributed by atoms with Crippen LogP contribution in [0.5, 0.6) is 0 Å². The fraction of sp³-hybridized carbons (Fsp3) is 0.312. The summed E-state index contributed by atoms with van der Waals surface area (Å²) in [5.74, 6) is 0. The Morgan fingerprint density at radius 1 is 1.29 bits per heavy atom. The van der Waals surface area contributed by atoms with Gasteiger partial charge in [-0.05, 0) is 37.3 Å². The highest BCUT2D eigenvalue weighted by atomic mass is 16.1. The zero-order valence-electron chi connectivity index (χ0n) is 10.7. The maximum absolute atomic E-state index is 8.00. The van der Waals surface area contributed by atoms with Crippen molar-refractivity contribution in [2.45, 2.75) is 33.1 Å². The molecule has 0 aliphatic heterocycles. The molecule has 0 aromatic carbocycles. The first-order chi connectivity index (χ1) is 8.31. The average Bonchev–Trinajstić information content (AvgIpc) is 2.67. The molecule has 2 aliphatic carbocycles. The molecule has 17 heavy (non-hydrogen) atoms. The van der Waals surface area contributed by atoms with Crippen molar-refractivity contribution >= 4 is 6.79 Å². The van der Waals surface area contributed by atoms with E-state index in [4.69, 9.17) is 4.79 Å². The predicted molar refractivity (Wildman–Crippen MR) is 73.8 cm³/mol. The summed E-state index contributed by atoms with van der Waals surface area (Å²) in [5.41, 5.74) is 5.88. The Morgan fingerprint density at radius 2 is 2.06 bits per heavy atom. The molecule has 0 unspecified atom stereocenters. The second-order valence-corrected chi connectivity index (χ2v) is 4.17. The van der Waals surface area contributed by atoms with Crippen molar-refractivity contribution in [1.29, 1.82) is 0 Å². The molecule has 0 heterocycles. The summed E-state index contributed by atoms with van der Waals surface area (Å²) < 4.78 is 0. The smallest absolute Gasteiger partial charge is 0.106 e. The molecular formula is C16H20O. The fourth-order valence-electron chi connectivity index (χ4n) is 2.13. The molecule has 0 radical (unpaired) electrons. The van der Waals surface area contributed by atoms with Crippen molar-refractivity contribution < 1.29 is 4.79 Å². The summed E-state index contributed by atoms with van der Waals surface area (Å²) in [6.07, 6.45) is 16.8. The minimum absolute atomic E-state index is 1.07. The number of hydrogen-bond donors (Lipinski definition) is 0. The number of fused-ring (bicyclic) bond motifs is 1. The van der Waals surface area contributed by atoms with Crippen LogP contribution in [-0.4, -0.2) is 6.79 Å². The molecule has 2 aliphatic rings. The monoisotopic (exact) mass is 228 g/mol. The van der Waals surface area contributed by atoms with Crippen LogP contribution in [0.1, 0.15) is 33.1 Å². The molecule has 90 valence electrons. The highest BCUT2D eigenvalue weighted by Gasteiger charge is 2.10. The molecule has 0 N–H and O–H groups in total. The minimum Gasteiger partial charge on any atom is -0.307 e. The van der Waals surface area contributed by atoms with Gasteiger partial charge in [0.25, 0.3) is 0 Å². The van der Waals surface area contributed by atoms with E-state index in [1.165, 1.54) is 16.7 Å². The number of rotatable bonds is 1. The van der Waals surface area contributed by atoms with Gasteiger partial charge in [0.05, 0.1) is 0 Å². The van der Waals surface area contributed by atoms with Gasteiger partial charge in [0, 0.05) is 0 Å². The Kier molecular flexibility index (Phi) is 5.41.